The molecule has 0 saturated carbocycles. The molecule has 1 saturated heterocycles. The van der Waals surface area contributed by atoms with Crippen LogP contribution >= 0.6 is 0 Å². The van der Waals surface area contributed by atoms with Gasteiger partial charge in [-0.2, -0.15) is 5.26 Å². The molecule has 7 heteroatoms. The van der Waals surface area contributed by atoms with E-state index in [1.165, 1.54) is 6.07 Å². The Labute approximate surface area is 201 Å². The maximum Gasteiger partial charge on any atom is 0.227 e. The number of anilines is 1. The summed E-state index contributed by atoms with van der Waals surface area (Å²) in [4.78, 5) is 21.9. The van der Waals surface area contributed by atoms with E-state index in [2.05, 4.69) is 24.8 Å². The molecule has 1 atom stereocenters. The maximum atomic E-state index is 14.0. The molecule has 1 fully saturated rings. The third-order valence-corrected chi connectivity index (χ3v) is 6.84. The second kappa shape index (κ2) is 9.34. The van der Waals surface area contributed by atoms with E-state index < -0.39 is 0 Å². The van der Waals surface area contributed by atoms with E-state index in [0.717, 1.165) is 16.8 Å². The van der Waals surface area contributed by atoms with Crippen LogP contribution in [0.3, 0.4) is 0 Å². The summed E-state index contributed by atoms with van der Waals surface area (Å²) in [6.45, 7) is 12.4. The molecule has 3 heterocycles. The van der Waals surface area contributed by atoms with Crippen LogP contribution in [0.15, 0.2) is 24.3 Å². The van der Waals surface area contributed by atoms with Gasteiger partial charge in [0.2, 0.25) is 5.91 Å². The molecule has 6 nitrogen and oxygen atoms in total. The maximum absolute atomic E-state index is 14.0. The first-order valence-electron chi connectivity index (χ1n) is 12.0. The Bertz CT molecular complexity index is 1140. The number of fused-ring (bicyclic) bond motifs is 1. The Morgan fingerprint density at radius 2 is 2.03 bits per heavy atom. The van der Waals surface area contributed by atoms with E-state index in [0.29, 0.717) is 49.6 Å². The van der Waals surface area contributed by atoms with Crippen molar-refractivity contribution in [1.29, 1.82) is 5.26 Å². The fraction of sp³-hybridized carbons (Fsp3) is 0.519. The van der Waals surface area contributed by atoms with Gasteiger partial charge in [0.25, 0.3) is 0 Å². The van der Waals surface area contributed by atoms with Crippen LogP contribution < -0.4 is 4.90 Å². The Morgan fingerprint density at radius 3 is 2.68 bits per heavy atom. The standard InChI is InChI=1S/C27H33FN4O2/c1-17(2)25-22-16-34-27(4,5)13-20(22)21(14-29)26(30-25)31-10-11-32(18(3)15-31)24(33)12-19-8-6-7-9-23(19)28/h6-9,17-18H,10-13,15-16H2,1-5H3. The number of carbonyl (C=O) groups excluding carboxylic acids is 1. The fourth-order valence-corrected chi connectivity index (χ4v) is 5.03. The fourth-order valence-electron chi connectivity index (χ4n) is 5.03. The van der Waals surface area contributed by atoms with Crippen molar-refractivity contribution >= 4 is 11.7 Å². The van der Waals surface area contributed by atoms with E-state index in [1.807, 2.05) is 25.7 Å². The van der Waals surface area contributed by atoms with Crippen LogP contribution in [-0.4, -0.2) is 47.1 Å². The van der Waals surface area contributed by atoms with Crippen molar-refractivity contribution in [2.24, 2.45) is 0 Å². The minimum absolute atomic E-state index is 0.0458. The highest BCUT2D eigenvalue weighted by molar-refractivity contribution is 5.79. The number of nitriles is 1. The number of aromatic nitrogens is 1. The molecular weight excluding hydrogens is 431 g/mol. The number of rotatable bonds is 4. The van der Waals surface area contributed by atoms with Crippen molar-refractivity contribution in [3.05, 3.63) is 58.0 Å². The second-order valence-electron chi connectivity index (χ2n) is 10.3. The van der Waals surface area contributed by atoms with Gasteiger partial charge in [-0.05, 0) is 43.9 Å². The van der Waals surface area contributed by atoms with Gasteiger partial charge in [0, 0.05) is 37.7 Å². The monoisotopic (exact) mass is 464 g/mol. The number of halogens is 1. The van der Waals surface area contributed by atoms with Gasteiger partial charge in [-0.1, -0.05) is 32.0 Å². The smallest absolute Gasteiger partial charge is 0.227 e. The lowest BCUT2D eigenvalue weighted by Crippen LogP contribution is -2.55. The molecule has 2 aliphatic rings. The van der Waals surface area contributed by atoms with Crippen LogP contribution in [-0.2, 0) is 29.0 Å². The zero-order valence-electron chi connectivity index (χ0n) is 20.7. The van der Waals surface area contributed by atoms with Gasteiger partial charge in [0.15, 0.2) is 0 Å². The van der Waals surface area contributed by atoms with Crippen LogP contribution in [0.25, 0.3) is 0 Å². The average Bonchev–Trinajstić information content (AvgIpc) is 2.78. The number of nitrogens with zero attached hydrogens (tertiary/aromatic N) is 4. The third kappa shape index (κ3) is 4.65. The van der Waals surface area contributed by atoms with Crippen LogP contribution in [0.4, 0.5) is 10.2 Å². The summed E-state index contributed by atoms with van der Waals surface area (Å²) < 4.78 is 20.1. The first-order chi connectivity index (χ1) is 16.1. The molecule has 1 aromatic carbocycles. The van der Waals surface area contributed by atoms with Crippen molar-refractivity contribution in [3.63, 3.8) is 0 Å². The Balaban J connectivity index is 1.60. The molecule has 0 aliphatic carbocycles. The van der Waals surface area contributed by atoms with Gasteiger partial charge in [-0.3, -0.25) is 4.79 Å². The lowest BCUT2D eigenvalue weighted by molar-refractivity contribution is -0.132. The van der Waals surface area contributed by atoms with Gasteiger partial charge in [0.05, 0.1) is 29.9 Å². The molecule has 1 aromatic heterocycles. The zero-order valence-corrected chi connectivity index (χ0v) is 20.7. The summed E-state index contributed by atoms with van der Waals surface area (Å²) >= 11 is 0. The van der Waals surface area contributed by atoms with Crippen LogP contribution in [0, 0.1) is 17.1 Å². The molecule has 4 rings (SSSR count). The molecular formula is C27H33FN4O2. The SMILES string of the molecule is CC(C)c1nc(N2CCN(C(=O)Cc3ccccc3F)C(C)C2)c(C#N)c2c1COC(C)(C)C2. The summed E-state index contributed by atoms with van der Waals surface area (Å²) in [7, 11) is 0. The molecule has 1 unspecified atom stereocenters. The number of hydrogen-bond donors (Lipinski definition) is 0. The van der Waals surface area contributed by atoms with E-state index in [-0.39, 0.29) is 35.7 Å². The summed E-state index contributed by atoms with van der Waals surface area (Å²) in [5, 5.41) is 10.1. The van der Waals surface area contributed by atoms with Crippen LogP contribution in [0.2, 0.25) is 0 Å². The summed E-state index contributed by atoms with van der Waals surface area (Å²) in [5.41, 5.74) is 3.76. The molecule has 2 aliphatic heterocycles. The first kappa shape index (κ1) is 24.2. The lowest BCUT2D eigenvalue weighted by atomic mass is 9.86. The number of hydrogen-bond acceptors (Lipinski definition) is 5. The third-order valence-electron chi connectivity index (χ3n) is 6.84. The molecule has 2 aromatic rings. The predicted octanol–water partition coefficient (Wildman–Crippen LogP) is 4.35. The Hall–Kier alpha value is -2.98. The van der Waals surface area contributed by atoms with Gasteiger partial charge in [-0.25, -0.2) is 9.37 Å². The normalized spacial score (nSPS) is 19.6. The van der Waals surface area contributed by atoms with E-state index in [1.54, 1.807) is 18.2 Å². The number of benzene rings is 1. The molecule has 0 N–H and O–H groups in total. The summed E-state index contributed by atoms with van der Waals surface area (Å²) in [6.07, 6.45) is 0.710. The van der Waals surface area contributed by atoms with Gasteiger partial charge in [-0.15, -0.1) is 0 Å². The summed E-state index contributed by atoms with van der Waals surface area (Å²) in [5.74, 6) is 0.465. The van der Waals surface area contributed by atoms with Gasteiger partial charge >= 0.3 is 0 Å². The quantitative estimate of drug-likeness (QED) is 0.673. The van der Waals surface area contributed by atoms with E-state index in [4.69, 9.17) is 9.72 Å². The van der Waals surface area contributed by atoms with Crippen molar-refractivity contribution in [1.82, 2.24) is 9.88 Å². The largest absolute Gasteiger partial charge is 0.370 e. The van der Waals surface area contributed by atoms with E-state index in [9.17, 15) is 14.4 Å². The van der Waals surface area contributed by atoms with E-state index >= 15 is 0 Å². The van der Waals surface area contributed by atoms with Gasteiger partial charge in [0.1, 0.15) is 17.7 Å². The Morgan fingerprint density at radius 1 is 1.29 bits per heavy atom. The highest BCUT2D eigenvalue weighted by Gasteiger charge is 2.35. The number of amides is 1. The minimum Gasteiger partial charge on any atom is -0.370 e. The van der Waals surface area contributed by atoms with Crippen molar-refractivity contribution in [3.8, 4) is 6.07 Å². The number of pyridine rings is 1. The lowest BCUT2D eigenvalue weighted by Gasteiger charge is -2.42. The molecule has 180 valence electrons. The van der Waals surface area contributed by atoms with Crippen molar-refractivity contribution < 1.29 is 13.9 Å². The molecule has 1 amide bonds. The van der Waals surface area contributed by atoms with Crippen molar-refractivity contribution in [2.45, 2.75) is 71.6 Å². The Kier molecular flexibility index (Phi) is 6.64. The van der Waals surface area contributed by atoms with Crippen LogP contribution in [0.5, 0.6) is 0 Å². The molecule has 0 bridgehead atoms. The topological polar surface area (TPSA) is 69.5 Å². The molecule has 0 spiro atoms. The number of ether oxygens (including phenoxy) is 1. The minimum atomic E-state index is -0.354. The second-order valence-corrected chi connectivity index (χ2v) is 10.3. The van der Waals surface area contributed by atoms with Crippen molar-refractivity contribution in [2.75, 3.05) is 24.5 Å². The molecule has 0 radical (unpaired) electrons. The highest BCUT2D eigenvalue weighted by atomic mass is 19.1. The summed E-state index contributed by atoms with van der Waals surface area (Å²) in [6, 6.07) is 8.76. The number of carbonyl (C=O) groups is 1. The molecule has 34 heavy (non-hydrogen) atoms. The number of piperazine rings is 1. The first-order valence-corrected chi connectivity index (χ1v) is 12.0. The average molecular weight is 465 g/mol. The van der Waals surface area contributed by atoms with Crippen LogP contribution in [0.1, 0.15) is 68.5 Å². The zero-order chi connectivity index (χ0) is 24.6. The van der Waals surface area contributed by atoms with Gasteiger partial charge < -0.3 is 14.5 Å². The highest BCUT2D eigenvalue weighted by Crippen LogP contribution is 2.38. The predicted molar refractivity (Wildman–Crippen MR) is 129 cm³/mol.